The molecule has 4 aromatic rings. The fourth-order valence-corrected chi connectivity index (χ4v) is 4.81. The fourth-order valence-electron chi connectivity index (χ4n) is 3.86. The minimum Gasteiger partial charge on any atom is -0.488 e. The van der Waals surface area contributed by atoms with Gasteiger partial charge >= 0.3 is 0 Å². The Morgan fingerprint density at radius 2 is 1.66 bits per heavy atom. The van der Waals surface area contributed by atoms with E-state index in [9.17, 15) is 14.0 Å². The number of fused-ring (bicyclic) bond motifs is 1. The molecular formula is C28H19ClFNO3S. The van der Waals surface area contributed by atoms with Crippen LogP contribution in [0.4, 0.5) is 9.18 Å². The van der Waals surface area contributed by atoms with Crippen LogP contribution in [0.5, 0.6) is 5.75 Å². The number of rotatable bonds is 6. The van der Waals surface area contributed by atoms with Crippen molar-refractivity contribution >= 4 is 51.4 Å². The fraction of sp³-hybridized carbons (Fsp3) is 0.0714. The second-order valence-electron chi connectivity index (χ2n) is 7.97. The van der Waals surface area contributed by atoms with E-state index < -0.39 is 0 Å². The minimum absolute atomic E-state index is 0.0316. The molecule has 5 rings (SSSR count). The van der Waals surface area contributed by atoms with Gasteiger partial charge in [0.2, 0.25) is 0 Å². The van der Waals surface area contributed by atoms with Crippen LogP contribution in [0.3, 0.4) is 0 Å². The Labute approximate surface area is 211 Å². The highest BCUT2D eigenvalue weighted by Crippen LogP contribution is 2.37. The van der Waals surface area contributed by atoms with Gasteiger partial charge in [0.15, 0.2) is 0 Å². The summed E-state index contributed by atoms with van der Waals surface area (Å²) in [4.78, 5) is 27.4. The van der Waals surface area contributed by atoms with Gasteiger partial charge in [0, 0.05) is 16.1 Å². The number of carbonyl (C=O) groups excluding carboxylic acids is 2. The molecule has 1 heterocycles. The molecule has 4 aromatic carbocycles. The summed E-state index contributed by atoms with van der Waals surface area (Å²) < 4.78 is 20.1. The predicted molar refractivity (Wildman–Crippen MR) is 138 cm³/mol. The summed E-state index contributed by atoms with van der Waals surface area (Å²) in [6, 6.07) is 24.9. The number of nitrogens with zero attached hydrogens (tertiary/aromatic N) is 1. The van der Waals surface area contributed by atoms with Gasteiger partial charge in [0.25, 0.3) is 11.1 Å². The molecule has 0 unspecified atom stereocenters. The maximum Gasteiger partial charge on any atom is 0.293 e. The molecule has 1 fully saturated rings. The Morgan fingerprint density at radius 1 is 0.914 bits per heavy atom. The summed E-state index contributed by atoms with van der Waals surface area (Å²) in [5, 5.41) is 2.06. The molecule has 1 aliphatic rings. The van der Waals surface area contributed by atoms with Crippen molar-refractivity contribution in [1.29, 1.82) is 0 Å². The van der Waals surface area contributed by atoms with Crippen LogP contribution in [0.15, 0.2) is 89.8 Å². The van der Waals surface area contributed by atoms with Gasteiger partial charge in [-0.15, -0.1) is 0 Å². The van der Waals surface area contributed by atoms with Crippen LogP contribution >= 0.6 is 23.4 Å². The molecule has 174 valence electrons. The van der Waals surface area contributed by atoms with E-state index in [1.54, 1.807) is 54.6 Å². The van der Waals surface area contributed by atoms with Crippen LogP contribution in [0.1, 0.15) is 16.7 Å². The molecule has 0 spiro atoms. The van der Waals surface area contributed by atoms with Gasteiger partial charge in [-0.3, -0.25) is 14.5 Å². The Hall–Kier alpha value is -3.61. The summed E-state index contributed by atoms with van der Waals surface area (Å²) in [5.41, 5.74) is 1.89. The van der Waals surface area contributed by atoms with E-state index in [4.69, 9.17) is 16.3 Å². The normalized spacial score (nSPS) is 14.8. The topological polar surface area (TPSA) is 46.6 Å². The lowest BCUT2D eigenvalue weighted by molar-refractivity contribution is -0.123. The van der Waals surface area contributed by atoms with Gasteiger partial charge in [0.1, 0.15) is 18.2 Å². The van der Waals surface area contributed by atoms with E-state index in [1.807, 2.05) is 30.3 Å². The lowest BCUT2D eigenvalue weighted by Crippen LogP contribution is -2.27. The first-order valence-electron chi connectivity index (χ1n) is 10.9. The number of halogens is 2. The first kappa shape index (κ1) is 23.1. The lowest BCUT2D eigenvalue weighted by Gasteiger charge is -2.14. The van der Waals surface area contributed by atoms with Crippen molar-refractivity contribution < 1.29 is 18.7 Å². The van der Waals surface area contributed by atoms with Crippen LogP contribution < -0.4 is 4.74 Å². The number of hydrogen-bond acceptors (Lipinski definition) is 4. The monoisotopic (exact) mass is 503 g/mol. The molecule has 2 amide bonds. The Bertz CT molecular complexity index is 1470. The maximum atomic E-state index is 14.1. The number of thioether (sulfide) groups is 1. The molecule has 0 radical (unpaired) electrons. The zero-order valence-corrected chi connectivity index (χ0v) is 20.0. The zero-order valence-electron chi connectivity index (χ0n) is 18.4. The van der Waals surface area contributed by atoms with Gasteiger partial charge in [-0.05, 0) is 58.4 Å². The van der Waals surface area contributed by atoms with Crippen molar-refractivity contribution in [2.24, 2.45) is 0 Å². The molecule has 4 nitrogen and oxygen atoms in total. The highest BCUT2D eigenvalue weighted by atomic mass is 35.5. The summed E-state index contributed by atoms with van der Waals surface area (Å²) in [5.74, 6) is -0.224. The smallest absolute Gasteiger partial charge is 0.293 e. The molecule has 1 aliphatic heterocycles. The SMILES string of the molecule is O=C1S/C(=C\c2c(OCc3ccccc3F)ccc3ccccc23)C(=O)N1Cc1ccc(Cl)cc1. The van der Waals surface area contributed by atoms with Crippen molar-refractivity contribution in [2.75, 3.05) is 0 Å². The van der Waals surface area contributed by atoms with Gasteiger partial charge in [-0.25, -0.2) is 4.39 Å². The first-order chi connectivity index (χ1) is 17.0. The van der Waals surface area contributed by atoms with Gasteiger partial charge < -0.3 is 4.74 Å². The Balaban J connectivity index is 1.48. The third kappa shape index (κ3) is 4.94. The predicted octanol–water partition coefficient (Wildman–Crippen LogP) is 7.45. The largest absolute Gasteiger partial charge is 0.488 e. The van der Waals surface area contributed by atoms with Gasteiger partial charge in [-0.2, -0.15) is 0 Å². The molecule has 0 saturated carbocycles. The highest BCUT2D eigenvalue weighted by Gasteiger charge is 2.35. The molecule has 0 N–H and O–H groups in total. The van der Waals surface area contributed by atoms with Crippen molar-refractivity contribution in [1.82, 2.24) is 4.90 Å². The molecule has 1 saturated heterocycles. The zero-order chi connectivity index (χ0) is 24.4. The second kappa shape index (κ2) is 9.94. The van der Waals surface area contributed by atoms with E-state index in [1.165, 1.54) is 11.0 Å². The number of benzene rings is 4. The average Bonchev–Trinajstić information content (AvgIpc) is 3.13. The number of ether oxygens (including phenoxy) is 1. The quantitative estimate of drug-likeness (QED) is 0.256. The number of carbonyl (C=O) groups is 2. The van der Waals surface area contributed by atoms with E-state index >= 15 is 0 Å². The highest BCUT2D eigenvalue weighted by molar-refractivity contribution is 8.18. The third-order valence-electron chi connectivity index (χ3n) is 5.67. The van der Waals surface area contributed by atoms with Crippen LogP contribution in [-0.4, -0.2) is 16.0 Å². The summed E-state index contributed by atoms with van der Waals surface area (Å²) in [6.45, 7) is 0.190. The molecule has 0 bridgehead atoms. The first-order valence-corrected chi connectivity index (χ1v) is 12.1. The molecular weight excluding hydrogens is 485 g/mol. The van der Waals surface area contributed by atoms with Gasteiger partial charge in [-0.1, -0.05) is 72.3 Å². The minimum atomic E-state index is -0.372. The molecule has 35 heavy (non-hydrogen) atoms. The average molecular weight is 504 g/mol. The number of imide groups is 1. The number of hydrogen-bond donors (Lipinski definition) is 0. The Kier molecular flexibility index (Phi) is 6.57. The van der Waals surface area contributed by atoms with Crippen molar-refractivity contribution in [3.63, 3.8) is 0 Å². The van der Waals surface area contributed by atoms with Crippen molar-refractivity contribution in [3.8, 4) is 5.75 Å². The van der Waals surface area contributed by atoms with E-state index in [0.717, 1.165) is 28.1 Å². The summed E-state index contributed by atoms with van der Waals surface area (Å²) in [7, 11) is 0. The molecule has 0 aliphatic carbocycles. The second-order valence-corrected chi connectivity index (χ2v) is 9.40. The summed E-state index contributed by atoms with van der Waals surface area (Å²) >= 11 is 6.83. The van der Waals surface area contributed by atoms with Crippen molar-refractivity contribution in [2.45, 2.75) is 13.2 Å². The van der Waals surface area contributed by atoms with E-state index in [2.05, 4.69) is 0 Å². The van der Waals surface area contributed by atoms with Crippen LogP contribution in [0.25, 0.3) is 16.8 Å². The van der Waals surface area contributed by atoms with E-state index in [-0.39, 0.29) is 30.1 Å². The van der Waals surface area contributed by atoms with Crippen molar-refractivity contribution in [3.05, 3.63) is 117 Å². The van der Waals surface area contributed by atoms with Crippen LogP contribution in [-0.2, 0) is 17.9 Å². The molecule has 0 atom stereocenters. The molecule has 0 aromatic heterocycles. The van der Waals surface area contributed by atoms with Crippen LogP contribution in [0.2, 0.25) is 5.02 Å². The maximum absolute atomic E-state index is 14.1. The third-order valence-corrected chi connectivity index (χ3v) is 6.83. The van der Waals surface area contributed by atoms with Gasteiger partial charge in [0.05, 0.1) is 11.4 Å². The lowest BCUT2D eigenvalue weighted by atomic mass is 10.0. The molecule has 7 heteroatoms. The Morgan fingerprint density at radius 3 is 2.46 bits per heavy atom. The number of amides is 2. The van der Waals surface area contributed by atoms with E-state index in [0.29, 0.717) is 26.8 Å². The van der Waals surface area contributed by atoms with Crippen LogP contribution in [0, 0.1) is 5.82 Å². The standard InChI is InChI=1S/C28H19ClFNO3S/c29-21-12-9-18(10-13-21)16-31-27(32)26(35-28(31)33)15-23-22-7-3-1-5-19(22)11-14-25(23)34-17-20-6-2-4-8-24(20)30/h1-15H,16-17H2/b26-15-. The summed E-state index contributed by atoms with van der Waals surface area (Å²) in [6.07, 6.45) is 1.69.